The van der Waals surface area contributed by atoms with Crippen LogP contribution in [0.5, 0.6) is 0 Å². The molecule has 0 fully saturated rings. The highest BCUT2D eigenvalue weighted by atomic mass is 32.2. The Labute approximate surface area is 95.0 Å². The van der Waals surface area contributed by atoms with Gasteiger partial charge in [0.25, 0.3) is 0 Å². The van der Waals surface area contributed by atoms with Crippen LogP contribution in [0.4, 0.5) is 0 Å². The first-order valence-electron chi connectivity index (χ1n) is 5.40. The maximum absolute atomic E-state index is 3.91. The molecular formula is C9H19N5S. The van der Waals surface area contributed by atoms with Crippen molar-refractivity contribution < 1.29 is 0 Å². The number of aryl methyl sites for hydroxylation is 1. The van der Waals surface area contributed by atoms with Gasteiger partial charge in [-0.2, -0.15) is 0 Å². The molecule has 0 bridgehead atoms. The molecule has 0 aliphatic carbocycles. The number of nitrogens with one attached hydrogen (secondary N) is 1. The van der Waals surface area contributed by atoms with Crippen molar-refractivity contribution >= 4 is 11.8 Å². The summed E-state index contributed by atoms with van der Waals surface area (Å²) < 4.78 is 1.70. The molecule has 86 valence electrons. The van der Waals surface area contributed by atoms with E-state index in [-0.39, 0.29) is 0 Å². The van der Waals surface area contributed by atoms with Crippen LogP contribution in [0.1, 0.15) is 26.2 Å². The predicted octanol–water partition coefficient (Wildman–Crippen LogP) is 1.08. The van der Waals surface area contributed by atoms with Crippen molar-refractivity contribution in [3.05, 3.63) is 0 Å². The maximum Gasteiger partial charge on any atom is 0.209 e. The molecule has 0 unspecified atom stereocenters. The summed E-state index contributed by atoms with van der Waals surface area (Å²) in [6, 6.07) is 0. The van der Waals surface area contributed by atoms with Crippen molar-refractivity contribution in [2.75, 3.05) is 18.8 Å². The number of thioether (sulfide) groups is 1. The highest BCUT2D eigenvalue weighted by molar-refractivity contribution is 7.99. The first kappa shape index (κ1) is 12.4. The predicted molar refractivity (Wildman–Crippen MR) is 61.9 cm³/mol. The zero-order valence-electron chi connectivity index (χ0n) is 9.44. The van der Waals surface area contributed by atoms with Gasteiger partial charge in [0.15, 0.2) is 0 Å². The summed E-state index contributed by atoms with van der Waals surface area (Å²) >= 11 is 1.70. The summed E-state index contributed by atoms with van der Waals surface area (Å²) in [6.45, 7) is 4.42. The van der Waals surface area contributed by atoms with Crippen LogP contribution < -0.4 is 5.32 Å². The molecule has 6 heteroatoms. The molecule has 1 rings (SSSR count). The quantitative estimate of drug-likeness (QED) is 0.534. The van der Waals surface area contributed by atoms with Gasteiger partial charge in [-0.25, -0.2) is 4.68 Å². The summed E-state index contributed by atoms with van der Waals surface area (Å²) in [5, 5.41) is 15.6. The minimum Gasteiger partial charge on any atom is -0.317 e. The molecule has 0 radical (unpaired) electrons. The standard InChI is InChI=1S/C9H19N5S/c1-3-4-6-10-7-5-8-15-9-11-12-13-14(9)2/h10H,3-8H2,1-2H3. The molecule has 0 saturated carbocycles. The number of nitrogens with zero attached hydrogens (tertiary/aromatic N) is 4. The van der Waals surface area contributed by atoms with Gasteiger partial charge in [0.05, 0.1) is 0 Å². The molecule has 1 heterocycles. The molecule has 5 nitrogen and oxygen atoms in total. The van der Waals surface area contributed by atoms with E-state index in [1.165, 1.54) is 12.8 Å². The molecule has 1 N–H and O–H groups in total. The van der Waals surface area contributed by atoms with Gasteiger partial charge in [-0.15, -0.1) is 5.10 Å². The van der Waals surface area contributed by atoms with Crippen LogP contribution in [0.2, 0.25) is 0 Å². The van der Waals surface area contributed by atoms with Gasteiger partial charge in [0.2, 0.25) is 5.16 Å². The Kier molecular flexibility index (Phi) is 6.34. The summed E-state index contributed by atoms with van der Waals surface area (Å²) in [4.78, 5) is 0. The van der Waals surface area contributed by atoms with Crippen molar-refractivity contribution in [3.63, 3.8) is 0 Å². The van der Waals surface area contributed by atoms with Crippen molar-refractivity contribution in [2.45, 2.75) is 31.3 Å². The number of aromatic nitrogens is 4. The second-order valence-corrected chi connectivity index (χ2v) is 4.45. The third kappa shape index (κ3) is 5.13. The third-order valence-corrected chi connectivity index (χ3v) is 3.11. The fourth-order valence-corrected chi connectivity index (χ4v) is 1.92. The van der Waals surface area contributed by atoms with E-state index in [4.69, 9.17) is 0 Å². The topological polar surface area (TPSA) is 55.6 Å². The van der Waals surface area contributed by atoms with E-state index in [1.54, 1.807) is 16.4 Å². The third-order valence-electron chi connectivity index (χ3n) is 2.02. The average Bonchev–Trinajstić information content (AvgIpc) is 2.63. The monoisotopic (exact) mass is 229 g/mol. The second kappa shape index (κ2) is 7.64. The Balaban J connectivity index is 1.96. The van der Waals surface area contributed by atoms with E-state index in [1.807, 2.05) is 7.05 Å². The van der Waals surface area contributed by atoms with E-state index in [0.717, 1.165) is 30.4 Å². The number of hydrogen-bond acceptors (Lipinski definition) is 5. The van der Waals surface area contributed by atoms with Gasteiger partial charge >= 0.3 is 0 Å². The van der Waals surface area contributed by atoms with E-state index in [2.05, 4.69) is 27.8 Å². The van der Waals surface area contributed by atoms with E-state index >= 15 is 0 Å². The molecule has 0 amide bonds. The lowest BCUT2D eigenvalue weighted by atomic mass is 10.3. The molecule has 0 aliphatic heterocycles. The van der Waals surface area contributed by atoms with Crippen molar-refractivity contribution in [1.29, 1.82) is 0 Å². The Bertz CT molecular complexity index is 263. The first-order chi connectivity index (χ1) is 7.34. The second-order valence-electron chi connectivity index (χ2n) is 3.39. The highest BCUT2D eigenvalue weighted by Gasteiger charge is 2.01. The number of hydrogen-bond donors (Lipinski definition) is 1. The van der Waals surface area contributed by atoms with Crippen molar-refractivity contribution in [3.8, 4) is 0 Å². The van der Waals surface area contributed by atoms with Crippen LogP contribution in [-0.2, 0) is 7.05 Å². The Morgan fingerprint density at radius 1 is 1.33 bits per heavy atom. The lowest BCUT2D eigenvalue weighted by molar-refractivity contribution is 0.633. The SMILES string of the molecule is CCCCNCCCSc1nnnn1C. The fourth-order valence-electron chi connectivity index (χ4n) is 1.13. The smallest absolute Gasteiger partial charge is 0.209 e. The molecule has 15 heavy (non-hydrogen) atoms. The highest BCUT2D eigenvalue weighted by Crippen LogP contribution is 2.12. The normalized spacial score (nSPS) is 10.8. The molecule has 1 aromatic heterocycles. The van der Waals surface area contributed by atoms with Crippen LogP contribution in [-0.4, -0.2) is 39.0 Å². The van der Waals surface area contributed by atoms with Crippen molar-refractivity contribution in [2.24, 2.45) is 7.05 Å². The van der Waals surface area contributed by atoms with Crippen molar-refractivity contribution in [1.82, 2.24) is 25.5 Å². The van der Waals surface area contributed by atoms with Gasteiger partial charge in [0, 0.05) is 12.8 Å². The summed E-state index contributed by atoms with van der Waals surface area (Å²) in [7, 11) is 1.86. The molecule has 1 aromatic rings. The summed E-state index contributed by atoms with van der Waals surface area (Å²) in [5.41, 5.74) is 0. The van der Waals surface area contributed by atoms with Gasteiger partial charge in [-0.3, -0.25) is 0 Å². The van der Waals surface area contributed by atoms with E-state index in [0.29, 0.717) is 0 Å². The number of unbranched alkanes of at least 4 members (excludes halogenated alkanes) is 1. The minimum atomic E-state index is 0.892. The van der Waals surface area contributed by atoms with Crippen LogP contribution in [0.25, 0.3) is 0 Å². The Morgan fingerprint density at radius 2 is 2.13 bits per heavy atom. The van der Waals surface area contributed by atoms with Gasteiger partial charge < -0.3 is 5.32 Å². The zero-order chi connectivity index (χ0) is 10.9. The average molecular weight is 229 g/mol. The fraction of sp³-hybridized carbons (Fsp3) is 0.889. The Hall–Kier alpha value is -0.620. The van der Waals surface area contributed by atoms with Gasteiger partial charge in [0.1, 0.15) is 0 Å². The summed E-state index contributed by atoms with van der Waals surface area (Å²) in [6.07, 6.45) is 3.67. The Morgan fingerprint density at radius 3 is 2.80 bits per heavy atom. The van der Waals surface area contributed by atoms with Gasteiger partial charge in [-0.05, 0) is 36.4 Å². The summed E-state index contributed by atoms with van der Waals surface area (Å²) in [5.74, 6) is 1.06. The van der Waals surface area contributed by atoms with E-state index < -0.39 is 0 Å². The molecule has 0 aliphatic rings. The van der Waals surface area contributed by atoms with Gasteiger partial charge in [-0.1, -0.05) is 25.1 Å². The van der Waals surface area contributed by atoms with Crippen LogP contribution in [0.3, 0.4) is 0 Å². The molecule has 0 atom stereocenters. The number of rotatable bonds is 8. The molecular weight excluding hydrogens is 210 g/mol. The number of tetrazole rings is 1. The largest absolute Gasteiger partial charge is 0.317 e. The zero-order valence-corrected chi connectivity index (χ0v) is 10.3. The maximum atomic E-state index is 3.91. The molecule has 0 saturated heterocycles. The van der Waals surface area contributed by atoms with Crippen LogP contribution in [0.15, 0.2) is 5.16 Å². The molecule has 0 spiro atoms. The lowest BCUT2D eigenvalue weighted by Gasteiger charge is -2.02. The lowest BCUT2D eigenvalue weighted by Crippen LogP contribution is -2.16. The van der Waals surface area contributed by atoms with Crippen LogP contribution in [0, 0.1) is 0 Å². The van der Waals surface area contributed by atoms with E-state index in [9.17, 15) is 0 Å². The van der Waals surface area contributed by atoms with Crippen LogP contribution >= 0.6 is 11.8 Å². The first-order valence-corrected chi connectivity index (χ1v) is 6.39. The molecule has 0 aromatic carbocycles. The minimum absolute atomic E-state index is 0.892.